The van der Waals surface area contributed by atoms with E-state index in [1.165, 1.54) is 18.3 Å². The van der Waals surface area contributed by atoms with Crippen molar-refractivity contribution in [1.82, 2.24) is 9.38 Å². The van der Waals surface area contributed by atoms with Crippen LogP contribution in [0.1, 0.15) is 11.1 Å². The normalized spacial score (nSPS) is 12.9. The summed E-state index contributed by atoms with van der Waals surface area (Å²) < 4.78 is 15.1. The average molecular weight is 326 g/mol. The highest BCUT2D eigenvalue weighted by atomic mass is 19.1. The molecule has 0 radical (unpaired) electrons. The number of aliphatic hydroxyl groups excluding tert-OH is 1. The molecule has 1 aliphatic heterocycles. The molecule has 1 aliphatic rings. The SMILES string of the molecule is O=c1c(CO)c(Nc2ccc3c(c2)CCN3)nc2c(F)cccn12. The molecule has 122 valence electrons. The number of anilines is 3. The second-order valence-corrected chi connectivity index (χ2v) is 5.63. The third-order valence-corrected chi connectivity index (χ3v) is 4.14. The van der Waals surface area contributed by atoms with E-state index in [-0.39, 0.29) is 17.0 Å². The lowest BCUT2D eigenvalue weighted by Crippen LogP contribution is -2.22. The minimum atomic E-state index is -0.597. The smallest absolute Gasteiger partial charge is 0.265 e. The molecule has 0 aliphatic carbocycles. The highest BCUT2D eigenvalue weighted by Crippen LogP contribution is 2.27. The van der Waals surface area contributed by atoms with Gasteiger partial charge in [0.05, 0.1) is 12.2 Å². The van der Waals surface area contributed by atoms with Crippen molar-refractivity contribution in [3.05, 3.63) is 63.8 Å². The Kier molecular flexibility index (Phi) is 3.42. The molecule has 0 saturated carbocycles. The van der Waals surface area contributed by atoms with E-state index in [2.05, 4.69) is 15.6 Å². The van der Waals surface area contributed by atoms with Crippen molar-refractivity contribution in [3.63, 3.8) is 0 Å². The molecular weight excluding hydrogens is 311 g/mol. The van der Waals surface area contributed by atoms with Crippen molar-refractivity contribution in [3.8, 4) is 0 Å². The van der Waals surface area contributed by atoms with Gasteiger partial charge in [0.25, 0.3) is 5.56 Å². The van der Waals surface area contributed by atoms with E-state index in [1.54, 1.807) is 0 Å². The predicted molar refractivity (Wildman–Crippen MR) is 89.3 cm³/mol. The van der Waals surface area contributed by atoms with Crippen molar-refractivity contribution in [2.24, 2.45) is 0 Å². The van der Waals surface area contributed by atoms with Crippen LogP contribution in [0.15, 0.2) is 41.3 Å². The van der Waals surface area contributed by atoms with Crippen LogP contribution in [0.25, 0.3) is 5.65 Å². The minimum absolute atomic E-state index is 0.0787. The first kappa shape index (κ1) is 14.6. The van der Waals surface area contributed by atoms with Crippen LogP contribution in [0.5, 0.6) is 0 Å². The van der Waals surface area contributed by atoms with Gasteiger partial charge in [-0.3, -0.25) is 9.20 Å². The van der Waals surface area contributed by atoms with Crippen LogP contribution < -0.4 is 16.2 Å². The summed E-state index contributed by atoms with van der Waals surface area (Å²) in [4.78, 5) is 16.7. The Morgan fingerprint density at radius 2 is 2.25 bits per heavy atom. The van der Waals surface area contributed by atoms with Crippen LogP contribution >= 0.6 is 0 Å². The van der Waals surface area contributed by atoms with E-state index in [1.807, 2.05) is 18.2 Å². The van der Waals surface area contributed by atoms with Crippen molar-refractivity contribution < 1.29 is 9.50 Å². The zero-order valence-electron chi connectivity index (χ0n) is 12.7. The molecule has 0 bridgehead atoms. The first-order valence-electron chi connectivity index (χ1n) is 7.62. The summed E-state index contributed by atoms with van der Waals surface area (Å²) >= 11 is 0. The van der Waals surface area contributed by atoms with Gasteiger partial charge in [-0.1, -0.05) is 0 Å². The molecule has 3 aromatic rings. The molecule has 0 saturated heterocycles. The summed E-state index contributed by atoms with van der Waals surface area (Å²) in [5.41, 5.74) is 2.50. The first-order chi connectivity index (χ1) is 11.7. The summed E-state index contributed by atoms with van der Waals surface area (Å²) in [5, 5.41) is 15.9. The molecule has 0 spiro atoms. The minimum Gasteiger partial charge on any atom is -0.391 e. The van der Waals surface area contributed by atoms with E-state index < -0.39 is 18.0 Å². The standard InChI is InChI=1S/C17H15FN4O2/c18-13-2-1-7-22-16(13)21-15(12(9-23)17(22)24)20-11-3-4-14-10(8-11)5-6-19-14/h1-4,7-8,19-20,23H,5-6,9H2. The third kappa shape index (κ3) is 2.30. The number of nitrogens with one attached hydrogen (secondary N) is 2. The van der Waals surface area contributed by atoms with Gasteiger partial charge < -0.3 is 15.7 Å². The summed E-state index contributed by atoms with van der Waals surface area (Å²) in [6.07, 6.45) is 2.35. The second kappa shape index (κ2) is 5.61. The van der Waals surface area contributed by atoms with Crippen LogP contribution in [-0.4, -0.2) is 21.0 Å². The topological polar surface area (TPSA) is 78.7 Å². The highest BCUT2D eigenvalue weighted by Gasteiger charge is 2.16. The maximum absolute atomic E-state index is 14.0. The Labute approximate surface area is 136 Å². The Morgan fingerprint density at radius 3 is 3.08 bits per heavy atom. The van der Waals surface area contributed by atoms with Crippen molar-refractivity contribution in [1.29, 1.82) is 0 Å². The summed E-state index contributed by atoms with van der Waals surface area (Å²) in [6, 6.07) is 8.42. The first-order valence-corrected chi connectivity index (χ1v) is 7.62. The number of hydrogen-bond donors (Lipinski definition) is 3. The Bertz CT molecular complexity index is 1000. The molecule has 0 atom stereocenters. The van der Waals surface area contributed by atoms with Crippen LogP contribution in [-0.2, 0) is 13.0 Å². The van der Waals surface area contributed by atoms with Gasteiger partial charge >= 0.3 is 0 Å². The highest BCUT2D eigenvalue weighted by molar-refractivity contribution is 5.67. The molecule has 4 rings (SSSR count). The maximum atomic E-state index is 14.0. The van der Waals surface area contributed by atoms with Gasteiger partial charge in [0.1, 0.15) is 5.82 Å². The van der Waals surface area contributed by atoms with Gasteiger partial charge in [-0.2, -0.15) is 0 Å². The van der Waals surface area contributed by atoms with Gasteiger partial charge in [0, 0.05) is 24.1 Å². The summed E-state index contributed by atoms with van der Waals surface area (Å²) in [5.74, 6) is -0.432. The summed E-state index contributed by atoms with van der Waals surface area (Å²) in [6.45, 7) is 0.404. The molecule has 6 nitrogen and oxygen atoms in total. The van der Waals surface area contributed by atoms with Crippen molar-refractivity contribution in [2.45, 2.75) is 13.0 Å². The van der Waals surface area contributed by atoms with Crippen LogP contribution in [0.3, 0.4) is 0 Å². The molecule has 3 N–H and O–H groups in total. The number of nitrogens with zero attached hydrogens (tertiary/aromatic N) is 2. The van der Waals surface area contributed by atoms with E-state index in [9.17, 15) is 14.3 Å². The number of rotatable bonds is 3. The lowest BCUT2D eigenvalue weighted by molar-refractivity contribution is 0.280. The fraction of sp³-hybridized carbons (Fsp3) is 0.176. The fourth-order valence-corrected chi connectivity index (χ4v) is 2.93. The average Bonchev–Trinajstić information content (AvgIpc) is 3.04. The molecule has 3 heterocycles. The monoisotopic (exact) mass is 326 g/mol. The van der Waals surface area contributed by atoms with Crippen molar-refractivity contribution >= 4 is 22.8 Å². The molecule has 0 amide bonds. The number of aromatic nitrogens is 2. The predicted octanol–water partition coefficient (Wildman–Crippen LogP) is 2.04. The van der Waals surface area contributed by atoms with E-state index in [4.69, 9.17) is 0 Å². The van der Waals surface area contributed by atoms with E-state index >= 15 is 0 Å². The van der Waals surface area contributed by atoms with Crippen LogP contribution in [0.2, 0.25) is 0 Å². The number of halogens is 1. The van der Waals surface area contributed by atoms with E-state index in [0.29, 0.717) is 0 Å². The van der Waals surface area contributed by atoms with Crippen LogP contribution in [0, 0.1) is 5.82 Å². The molecule has 24 heavy (non-hydrogen) atoms. The number of fused-ring (bicyclic) bond motifs is 2. The third-order valence-electron chi connectivity index (χ3n) is 4.14. The second-order valence-electron chi connectivity index (χ2n) is 5.63. The molecule has 1 aromatic carbocycles. The largest absolute Gasteiger partial charge is 0.391 e. The van der Waals surface area contributed by atoms with Crippen molar-refractivity contribution in [2.75, 3.05) is 17.2 Å². The Morgan fingerprint density at radius 1 is 1.38 bits per heavy atom. The van der Waals surface area contributed by atoms with Gasteiger partial charge in [-0.25, -0.2) is 9.37 Å². The van der Waals surface area contributed by atoms with Crippen LogP contribution in [0.4, 0.5) is 21.6 Å². The Hall–Kier alpha value is -2.93. The number of aliphatic hydroxyl groups is 1. The molecule has 2 aromatic heterocycles. The summed E-state index contributed by atoms with van der Waals surface area (Å²) in [7, 11) is 0. The zero-order valence-corrected chi connectivity index (χ0v) is 12.7. The number of hydrogen-bond acceptors (Lipinski definition) is 5. The number of benzene rings is 1. The molecule has 0 fully saturated rings. The lowest BCUT2D eigenvalue weighted by Gasteiger charge is -2.12. The quantitative estimate of drug-likeness (QED) is 0.686. The van der Waals surface area contributed by atoms with Gasteiger partial charge in [0.2, 0.25) is 0 Å². The van der Waals surface area contributed by atoms with Gasteiger partial charge in [0.15, 0.2) is 11.5 Å². The van der Waals surface area contributed by atoms with Gasteiger partial charge in [-0.15, -0.1) is 0 Å². The molecular formula is C17H15FN4O2. The van der Waals surface area contributed by atoms with E-state index in [0.717, 1.165) is 34.3 Å². The zero-order chi connectivity index (χ0) is 16.7. The van der Waals surface area contributed by atoms with Gasteiger partial charge in [-0.05, 0) is 42.3 Å². The number of pyridine rings is 1. The molecule has 0 unspecified atom stereocenters. The Balaban J connectivity index is 1.84. The lowest BCUT2D eigenvalue weighted by atomic mass is 10.1. The molecule has 7 heteroatoms. The fourth-order valence-electron chi connectivity index (χ4n) is 2.93. The maximum Gasteiger partial charge on any atom is 0.265 e.